The van der Waals surface area contributed by atoms with E-state index in [2.05, 4.69) is 0 Å². The van der Waals surface area contributed by atoms with Crippen molar-refractivity contribution in [1.29, 1.82) is 0 Å². The van der Waals surface area contributed by atoms with Gasteiger partial charge in [-0.3, -0.25) is 0 Å². The van der Waals surface area contributed by atoms with E-state index in [-0.39, 0.29) is 12.0 Å². The molecule has 0 saturated carbocycles. The molecule has 0 amide bonds. The fraction of sp³-hybridized carbons (Fsp3) is 0.450. The number of hydrogen-bond donors (Lipinski definition) is 2. The second kappa shape index (κ2) is 8.81. The van der Waals surface area contributed by atoms with Gasteiger partial charge in [0.05, 0.1) is 18.7 Å². The predicted molar refractivity (Wildman–Crippen MR) is 93.9 cm³/mol. The lowest BCUT2D eigenvalue weighted by atomic mass is 9.70. The van der Waals surface area contributed by atoms with Gasteiger partial charge in [0.15, 0.2) is 0 Å². The van der Waals surface area contributed by atoms with Crippen LogP contribution in [-0.2, 0) is 4.79 Å². The van der Waals surface area contributed by atoms with E-state index in [0.29, 0.717) is 12.0 Å². The molecule has 0 radical (unpaired) electrons. The maximum absolute atomic E-state index is 10.4. The lowest BCUT2D eigenvalue weighted by molar-refractivity contribution is -0.297. The summed E-state index contributed by atoms with van der Waals surface area (Å²) in [6.45, 7) is 7.59. The molecule has 1 rings (SSSR count). The first-order valence-corrected chi connectivity index (χ1v) is 8.12. The van der Waals surface area contributed by atoms with Crippen LogP contribution in [0.4, 0.5) is 0 Å². The van der Waals surface area contributed by atoms with E-state index in [1.54, 1.807) is 19.1 Å². The van der Waals surface area contributed by atoms with Crippen LogP contribution in [-0.4, -0.2) is 28.9 Å². The van der Waals surface area contributed by atoms with Gasteiger partial charge in [0.1, 0.15) is 0 Å². The maximum Gasteiger partial charge on any atom is 0.0753 e. The van der Waals surface area contributed by atoms with Crippen LogP contribution in [0.1, 0.15) is 40.5 Å². The molecule has 0 unspecified atom stereocenters. The minimum atomic E-state index is -1.21. The first-order valence-electron chi connectivity index (χ1n) is 8.12. The number of hydrogen-bond acceptors (Lipinski definition) is 4. The fourth-order valence-electron chi connectivity index (χ4n) is 2.81. The summed E-state index contributed by atoms with van der Waals surface area (Å²) in [4.78, 5) is 10.4. The van der Waals surface area contributed by atoms with Gasteiger partial charge in [-0.1, -0.05) is 42.9 Å². The van der Waals surface area contributed by atoms with E-state index in [4.69, 9.17) is 0 Å². The van der Waals surface area contributed by atoms with Crippen molar-refractivity contribution in [1.82, 2.24) is 0 Å². The number of aliphatic carboxylic acids is 1. The number of carboxylic acid groups (broad SMARTS) is 1. The minimum Gasteiger partial charge on any atom is -0.545 e. The van der Waals surface area contributed by atoms with Crippen molar-refractivity contribution in [2.24, 2.45) is 5.41 Å². The molecular weight excluding hydrogens is 304 g/mol. The van der Waals surface area contributed by atoms with E-state index in [0.717, 1.165) is 29.2 Å². The Labute approximate surface area is 144 Å². The van der Waals surface area contributed by atoms with Gasteiger partial charge in [-0.25, -0.2) is 0 Å². The second-order valence-corrected chi connectivity index (χ2v) is 6.68. The molecule has 0 aromatic carbocycles. The van der Waals surface area contributed by atoms with Gasteiger partial charge in [0.25, 0.3) is 0 Å². The molecule has 1 aliphatic carbocycles. The second-order valence-electron chi connectivity index (χ2n) is 6.68. The zero-order valence-electron chi connectivity index (χ0n) is 14.9. The van der Waals surface area contributed by atoms with E-state index < -0.39 is 12.1 Å². The van der Waals surface area contributed by atoms with Gasteiger partial charge >= 0.3 is 0 Å². The van der Waals surface area contributed by atoms with Crippen LogP contribution in [0, 0.1) is 5.41 Å². The Morgan fingerprint density at radius 1 is 1.33 bits per heavy atom. The van der Waals surface area contributed by atoms with Crippen LogP contribution < -0.4 is 5.11 Å². The minimum absolute atomic E-state index is 0.0482. The highest BCUT2D eigenvalue weighted by molar-refractivity contribution is 5.79. The topological polar surface area (TPSA) is 80.6 Å². The van der Waals surface area contributed by atoms with Crippen LogP contribution in [0.25, 0.3) is 0 Å². The van der Waals surface area contributed by atoms with Crippen molar-refractivity contribution in [3.8, 4) is 0 Å². The summed E-state index contributed by atoms with van der Waals surface area (Å²) in [6.07, 6.45) is 11.2. The van der Waals surface area contributed by atoms with Gasteiger partial charge in [0.2, 0.25) is 0 Å². The summed E-state index contributed by atoms with van der Waals surface area (Å²) < 4.78 is 0. The van der Waals surface area contributed by atoms with Crippen LogP contribution >= 0.6 is 0 Å². The zero-order chi connectivity index (χ0) is 18.3. The highest BCUT2D eigenvalue weighted by Gasteiger charge is 2.34. The summed E-state index contributed by atoms with van der Waals surface area (Å²) in [7, 11) is 0. The summed E-state index contributed by atoms with van der Waals surface area (Å²) >= 11 is 0. The Balaban J connectivity index is 2.93. The Bertz CT molecular complexity index is 620. The largest absolute Gasteiger partial charge is 0.545 e. The molecule has 0 spiro atoms. The van der Waals surface area contributed by atoms with Crippen molar-refractivity contribution in [2.75, 3.05) is 6.61 Å². The smallest absolute Gasteiger partial charge is 0.0753 e. The van der Waals surface area contributed by atoms with Gasteiger partial charge in [-0.15, -0.1) is 0 Å². The molecule has 24 heavy (non-hydrogen) atoms. The summed E-state index contributed by atoms with van der Waals surface area (Å²) in [6, 6.07) is 0. The van der Waals surface area contributed by atoms with Crippen molar-refractivity contribution in [3.05, 3.63) is 58.7 Å². The third-order valence-electron chi connectivity index (χ3n) is 4.47. The maximum atomic E-state index is 10.4. The van der Waals surface area contributed by atoms with Crippen LogP contribution in [0.5, 0.6) is 0 Å². The van der Waals surface area contributed by atoms with E-state index in [1.165, 1.54) is 0 Å². The normalized spacial score (nSPS) is 26.7. The third-order valence-corrected chi connectivity index (χ3v) is 4.47. The van der Waals surface area contributed by atoms with E-state index >= 15 is 0 Å². The Morgan fingerprint density at radius 2 is 2.00 bits per heavy atom. The molecule has 0 aromatic heterocycles. The highest BCUT2D eigenvalue weighted by atomic mass is 16.4. The van der Waals surface area contributed by atoms with Gasteiger partial charge < -0.3 is 20.1 Å². The summed E-state index contributed by atoms with van der Waals surface area (Å²) in [5.41, 5.74) is 3.14. The summed E-state index contributed by atoms with van der Waals surface area (Å²) in [5.74, 6) is -1.21. The standard InChI is InChI=1S/C20H28O4/c1-14(6-5-7-15(2)12-19(23)24)8-9-17-16(3)18(22)10-11-20(17,4)13-21/h5-9,12,18,21-22H,10-11,13H2,1-4H3,(H,23,24)/p-1/b7-5+,9-8+,14-6+,15-12+/t18-,20+/m0/s1. The molecule has 0 aliphatic heterocycles. The van der Waals surface area contributed by atoms with Crippen LogP contribution in [0.3, 0.4) is 0 Å². The zero-order valence-corrected chi connectivity index (χ0v) is 14.9. The van der Waals surface area contributed by atoms with Gasteiger partial charge in [-0.05, 0) is 56.4 Å². The Hall–Kier alpha value is -1.91. The quantitative estimate of drug-likeness (QED) is 0.578. The molecule has 2 atom stereocenters. The molecule has 0 saturated heterocycles. The lowest BCUT2D eigenvalue weighted by Crippen LogP contribution is -2.32. The average Bonchev–Trinajstić information content (AvgIpc) is 2.50. The SMILES string of the molecule is CC1=C(/C=C/C(C)=C/C=C/C(C)=C/C(=O)[O-])[C@@](C)(CO)CC[C@@H]1O. The summed E-state index contributed by atoms with van der Waals surface area (Å²) in [5, 5.41) is 30.2. The van der Waals surface area contributed by atoms with Crippen molar-refractivity contribution in [2.45, 2.75) is 46.6 Å². The number of carboxylic acids is 1. The first-order chi connectivity index (χ1) is 11.2. The lowest BCUT2D eigenvalue weighted by Gasteiger charge is -2.37. The molecule has 0 aromatic rings. The number of rotatable bonds is 6. The number of aliphatic hydroxyl groups excluding tert-OH is 2. The van der Waals surface area contributed by atoms with Gasteiger partial charge in [-0.2, -0.15) is 0 Å². The number of allylic oxidation sites excluding steroid dienone is 7. The predicted octanol–water partition coefficient (Wildman–Crippen LogP) is 2.21. The average molecular weight is 331 g/mol. The van der Waals surface area contributed by atoms with Crippen molar-refractivity contribution >= 4 is 5.97 Å². The van der Waals surface area contributed by atoms with Crippen molar-refractivity contribution in [3.63, 3.8) is 0 Å². The van der Waals surface area contributed by atoms with Crippen molar-refractivity contribution < 1.29 is 20.1 Å². The molecule has 4 nitrogen and oxygen atoms in total. The molecule has 4 heteroatoms. The van der Waals surface area contributed by atoms with Crippen LogP contribution in [0.2, 0.25) is 0 Å². The molecule has 2 N–H and O–H groups in total. The monoisotopic (exact) mass is 331 g/mol. The van der Waals surface area contributed by atoms with E-state index in [9.17, 15) is 20.1 Å². The fourth-order valence-corrected chi connectivity index (χ4v) is 2.81. The molecule has 1 aliphatic rings. The Kier molecular flexibility index (Phi) is 7.39. The highest BCUT2D eigenvalue weighted by Crippen LogP contribution is 2.41. The molecule has 0 fully saturated rings. The molecular formula is C20H27O4-. The van der Waals surface area contributed by atoms with Crippen LogP contribution in [0.15, 0.2) is 58.7 Å². The first kappa shape index (κ1) is 20.1. The van der Waals surface area contributed by atoms with Gasteiger partial charge in [0, 0.05) is 5.41 Å². The number of aliphatic hydroxyl groups is 2. The number of carbonyl (C=O) groups is 1. The molecule has 0 bridgehead atoms. The molecule has 132 valence electrons. The van der Waals surface area contributed by atoms with E-state index in [1.807, 2.05) is 39.0 Å². The Morgan fingerprint density at radius 3 is 2.58 bits per heavy atom. The third kappa shape index (κ3) is 5.62. The number of carbonyl (C=O) groups excluding carboxylic acids is 1. The molecule has 0 heterocycles.